The van der Waals surface area contributed by atoms with Crippen LogP contribution in [0.4, 0.5) is 11.4 Å². The van der Waals surface area contributed by atoms with Gasteiger partial charge in [-0.3, -0.25) is 4.79 Å². The Morgan fingerprint density at radius 2 is 1.97 bits per heavy atom. The largest absolute Gasteiger partial charge is 0.399 e. The van der Waals surface area contributed by atoms with E-state index in [4.69, 9.17) is 10.5 Å². The van der Waals surface area contributed by atoms with Crippen LogP contribution in [-0.2, 0) is 16.1 Å². The van der Waals surface area contributed by atoms with Crippen molar-refractivity contribution in [2.45, 2.75) is 44.8 Å². The van der Waals surface area contributed by atoms with Gasteiger partial charge in [0.05, 0.1) is 12.0 Å². The first-order chi connectivity index (χ1) is 14.0. The molecule has 0 unspecified atom stereocenters. The van der Waals surface area contributed by atoms with Crippen molar-refractivity contribution in [3.63, 3.8) is 0 Å². The fourth-order valence-corrected chi connectivity index (χ4v) is 4.10. The maximum atomic E-state index is 13.7. The molecule has 1 amide bonds. The molecule has 2 atom stereocenters. The van der Waals surface area contributed by atoms with Crippen LogP contribution >= 0.6 is 0 Å². The fourth-order valence-electron chi connectivity index (χ4n) is 4.10. The van der Waals surface area contributed by atoms with E-state index in [1.807, 2.05) is 67.5 Å². The van der Waals surface area contributed by atoms with Crippen molar-refractivity contribution < 1.29 is 9.53 Å². The van der Waals surface area contributed by atoms with E-state index in [9.17, 15) is 4.79 Å². The summed E-state index contributed by atoms with van der Waals surface area (Å²) >= 11 is 0. The lowest BCUT2D eigenvalue weighted by molar-refractivity contribution is -0.135. The predicted molar refractivity (Wildman–Crippen MR) is 119 cm³/mol. The van der Waals surface area contributed by atoms with Crippen LogP contribution in [0.5, 0.6) is 0 Å². The average Bonchev–Trinajstić information content (AvgIpc) is 3.22. The van der Waals surface area contributed by atoms with Crippen LogP contribution in [0.2, 0.25) is 0 Å². The van der Waals surface area contributed by atoms with Crippen LogP contribution in [0.15, 0.2) is 48.5 Å². The van der Waals surface area contributed by atoms with Gasteiger partial charge in [0.15, 0.2) is 0 Å². The van der Waals surface area contributed by atoms with Gasteiger partial charge >= 0.3 is 0 Å². The Morgan fingerprint density at radius 3 is 2.59 bits per heavy atom. The first-order valence-electron chi connectivity index (χ1n) is 10.5. The molecular weight excluding hydrogens is 362 g/mol. The number of benzene rings is 2. The number of ether oxygens (including phenoxy) is 1. The first-order valence-corrected chi connectivity index (χ1v) is 10.5. The number of carbonyl (C=O) groups excluding carboxylic acids is 1. The number of hydrogen-bond donors (Lipinski definition) is 1. The SMILES string of the molecule is CC[C@H](C(=O)N(Cc1cc(N)ccc1N(C)C)C[C@H]1CCCO1)c1ccccc1. The molecule has 0 saturated carbocycles. The van der Waals surface area contributed by atoms with Gasteiger partial charge in [0.2, 0.25) is 5.91 Å². The number of nitrogens with two attached hydrogens (primary N) is 1. The Labute approximate surface area is 174 Å². The number of rotatable bonds is 8. The summed E-state index contributed by atoms with van der Waals surface area (Å²) < 4.78 is 5.86. The van der Waals surface area contributed by atoms with Crippen LogP contribution in [0.25, 0.3) is 0 Å². The highest BCUT2D eigenvalue weighted by Crippen LogP contribution is 2.28. The molecular formula is C24H33N3O2. The molecule has 1 aliphatic heterocycles. The number of amides is 1. The number of hydrogen-bond acceptors (Lipinski definition) is 4. The second kappa shape index (κ2) is 9.79. The first kappa shape index (κ1) is 21.2. The van der Waals surface area contributed by atoms with Crippen molar-refractivity contribution in [1.82, 2.24) is 4.90 Å². The normalized spacial score (nSPS) is 17.1. The summed E-state index contributed by atoms with van der Waals surface area (Å²) in [7, 11) is 4.03. The summed E-state index contributed by atoms with van der Waals surface area (Å²) in [6, 6.07) is 16.0. The highest BCUT2D eigenvalue weighted by atomic mass is 16.5. The Morgan fingerprint density at radius 1 is 1.21 bits per heavy atom. The molecule has 3 rings (SSSR count). The van der Waals surface area contributed by atoms with Gasteiger partial charge in [-0.2, -0.15) is 0 Å². The minimum Gasteiger partial charge on any atom is -0.399 e. The second-order valence-electron chi connectivity index (χ2n) is 8.01. The van der Waals surface area contributed by atoms with Gasteiger partial charge in [-0.1, -0.05) is 37.3 Å². The van der Waals surface area contributed by atoms with Crippen LogP contribution in [-0.4, -0.2) is 44.2 Å². The molecule has 156 valence electrons. The van der Waals surface area contributed by atoms with Gasteiger partial charge in [0.25, 0.3) is 0 Å². The molecule has 0 bridgehead atoms. The number of nitrogen functional groups attached to an aromatic ring is 1. The number of anilines is 2. The average molecular weight is 396 g/mol. The van der Waals surface area contributed by atoms with Gasteiger partial charge in [-0.25, -0.2) is 0 Å². The second-order valence-corrected chi connectivity index (χ2v) is 8.01. The van der Waals surface area contributed by atoms with Crippen LogP contribution in [0, 0.1) is 0 Å². The molecule has 0 aliphatic carbocycles. The summed E-state index contributed by atoms with van der Waals surface area (Å²) in [5, 5.41) is 0. The van der Waals surface area contributed by atoms with Crippen molar-refractivity contribution >= 4 is 17.3 Å². The molecule has 1 aliphatic rings. The number of carbonyl (C=O) groups is 1. The van der Waals surface area contributed by atoms with E-state index < -0.39 is 0 Å². The third kappa shape index (κ3) is 5.30. The molecule has 2 aromatic carbocycles. The number of nitrogens with zero attached hydrogens (tertiary/aromatic N) is 2. The molecule has 29 heavy (non-hydrogen) atoms. The van der Waals surface area contributed by atoms with Gasteiger partial charge in [0.1, 0.15) is 0 Å². The van der Waals surface area contributed by atoms with E-state index in [1.165, 1.54) is 0 Å². The zero-order valence-electron chi connectivity index (χ0n) is 17.8. The predicted octanol–water partition coefficient (Wildman–Crippen LogP) is 4.04. The molecule has 0 spiro atoms. The van der Waals surface area contributed by atoms with Gasteiger partial charge in [0, 0.05) is 45.2 Å². The topological polar surface area (TPSA) is 58.8 Å². The lowest BCUT2D eigenvalue weighted by Gasteiger charge is -2.31. The molecule has 1 saturated heterocycles. The molecule has 0 radical (unpaired) electrons. The van der Waals surface area contributed by atoms with Crippen molar-refractivity contribution in [1.29, 1.82) is 0 Å². The van der Waals surface area contributed by atoms with Gasteiger partial charge < -0.3 is 20.3 Å². The fraction of sp³-hybridized carbons (Fsp3) is 0.458. The Hall–Kier alpha value is -2.53. The van der Waals surface area contributed by atoms with E-state index in [0.717, 1.165) is 42.7 Å². The zero-order valence-corrected chi connectivity index (χ0v) is 17.8. The maximum absolute atomic E-state index is 13.7. The lowest BCUT2D eigenvalue weighted by Crippen LogP contribution is -2.40. The van der Waals surface area contributed by atoms with Crippen molar-refractivity contribution in [2.24, 2.45) is 0 Å². The summed E-state index contributed by atoms with van der Waals surface area (Å²) in [5.74, 6) is 0.00259. The summed E-state index contributed by atoms with van der Waals surface area (Å²) in [6.45, 7) is 4.00. The molecule has 0 aromatic heterocycles. The monoisotopic (exact) mass is 395 g/mol. The molecule has 5 nitrogen and oxygen atoms in total. The van der Waals surface area contributed by atoms with E-state index >= 15 is 0 Å². The van der Waals surface area contributed by atoms with Crippen molar-refractivity contribution in [3.05, 3.63) is 59.7 Å². The highest BCUT2D eigenvalue weighted by molar-refractivity contribution is 5.84. The van der Waals surface area contributed by atoms with E-state index in [2.05, 4.69) is 11.8 Å². The Balaban J connectivity index is 1.90. The Bertz CT molecular complexity index is 801. The van der Waals surface area contributed by atoms with Crippen LogP contribution in [0.3, 0.4) is 0 Å². The van der Waals surface area contributed by atoms with E-state index in [-0.39, 0.29) is 17.9 Å². The molecule has 5 heteroatoms. The zero-order chi connectivity index (χ0) is 20.8. The van der Waals surface area contributed by atoms with Crippen LogP contribution < -0.4 is 10.6 Å². The summed E-state index contributed by atoms with van der Waals surface area (Å²) in [4.78, 5) is 17.7. The van der Waals surface area contributed by atoms with Gasteiger partial charge in [-0.05, 0) is 48.6 Å². The quantitative estimate of drug-likeness (QED) is 0.686. The molecule has 2 aromatic rings. The van der Waals surface area contributed by atoms with E-state index in [1.54, 1.807) is 0 Å². The van der Waals surface area contributed by atoms with Crippen molar-refractivity contribution in [2.75, 3.05) is 37.9 Å². The van der Waals surface area contributed by atoms with E-state index in [0.29, 0.717) is 18.8 Å². The molecule has 2 N–H and O–H groups in total. The standard InChI is InChI=1S/C24H33N3O2/c1-4-22(18-9-6-5-7-10-18)24(28)27(17-21-11-8-14-29-21)16-19-15-20(25)12-13-23(19)26(2)3/h5-7,9-10,12-13,15,21-22H,4,8,11,14,16-17,25H2,1-3H3/t21-,22+/m1/s1. The van der Waals surface area contributed by atoms with Crippen molar-refractivity contribution in [3.8, 4) is 0 Å². The smallest absolute Gasteiger partial charge is 0.230 e. The molecule has 1 fully saturated rings. The third-order valence-corrected chi connectivity index (χ3v) is 5.61. The minimum absolute atomic E-state index is 0.107. The lowest BCUT2D eigenvalue weighted by atomic mass is 9.94. The maximum Gasteiger partial charge on any atom is 0.230 e. The van der Waals surface area contributed by atoms with Gasteiger partial charge in [-0.15, -0.1) is 0 Å². The van der Waals surface area contributed by atoms with Crippen LogP contribution in [0.1, 0.15) is 43.2 Å². The minimum atomic E-state index is -0.151. The third-order valence-electron chi connectivity index (χ3n) is 5.61. The molecule has 1 heterocycles. The highest BCUT2D eigenvalue weighted by Gasteiger charge is 2.29. The summed E-state index contributed by atoms with van der Waals surface area (Å²) in [6.07, 6.45) is 2.94. The Kier molecular flexibility index (Phi) is 7.15. The summed E-state index contributed by atoms with van der Waals surface area (Å²) in [5.41, 5.74) is 9.99.